The molecule has 0 saturated heterocycles. The summed E-state index contributed by atoms with van der Waals surface area (Å²) < 4.78 is 0. The highest BCUT2D eigenvalue weighted by atomic mass is 16.6. The van der Waals surface area contributed by atoms with E-state index in [-0.39, 0.29) is 5.69 Å². The maximum absolute atomic E-state index is 10.9. The maximum atomic E-state index is 10.9. The zero-order valence-corrected chi connectivity index (χ0v) is 10.8. The summed E-state index contributed by atoms with van der Waals surface area (Å²) in [6.07, 6.45) is 6.17. The summed E-state index contributed by atoms with van der Waals surface area (Å²) in [6.45, 7) is 0.723. The van der Waals surface area contributed by atoms with Gasteiger partial charge in [-0.1, -0.05) is 25.7 Å². The summed E-state index contributed by atoms with van der Waals surface area (Å²) in [5.74, 6) is 0.741. The molecule has 0 amide bonds. The molecule has 0 heterocycles. The Morgan fingerprint density at radius 3 is 2.79 bits per heavy atom. The van der Waals surface area contributed by atoms with Crippen LogP contribution in [-0.4, -0.2) is 11.5 Å². The van der Waals surface area contributed by atoms with E-state index >= 15 is 0 Å². The van der Waals surface area contributed by atoms with Crippen LogP contribution in [0.3, 0.4) is 0 Å². The second kappa shape index (κ2) is 6.19. The van der Waals surface area contributed by atoms with Crippen LogP contribution < -0.4 is 5.32 Å². The number of hydrogen-bond acceptors (Lipinski definition) is 4. The topological polar surface area (TPSA) is 79.0 Å². The monoisotopic (exact) mass is 259 g/mol. The molecule has 100 valence electrons. The fourth-order valence-electron chi connectivity index (χ4n) is 2.62. The Labute approximate surface area is 112 Å². The van der Waals surface area contributed by atoms with Crippen LogP contribution in [0.25, 0.3) is 0 Å². The number of rotatable bonds is 5. The van der Waals surface area contributed by atoms with Crippen LogP contribution in [0.15, 0.2) is 18.2 Å². The number of benzene rings is 1. The van der Waals surface area contributed by atoms with Gasteiger partial charge in [-0.05, 0) is 24.5 Å². The third kappa shape index (κ3) is 3.44. The van der Waals surface area contributed by atoms with Gasteiger partial charge >= 0.3 is 0 Å². The van der Waals surface area contributed by atoms with E-state index in [9.17, 15) is 10.1 Å². The van der Waals surface area contributed by atoms with Crippen molar-refractivity contribution in [2.75, 3.05) is 11.9 Å². The van der Waals surface area contributed by atoms with Gasteiger partial charge in [-0.25, -0.2) is 0 Å². The van der Waals surface area contributed by atoms with Crippen molar-refractivity contribution in [1.82, 2.24) is 0 Å². The van der Waals surface area contributed by atoms with Crippen molar-refractivity contribution in [1.29, 1.82) is 5.26 Å². The molecule has 0 radical (unpaired) electrons. The number of hydrogen-bond donors (Lipinski definition) is 1. The van der Waals surface area contributed by atoms with E-state index in [1.807, 2.05) is 6.07 Å². The number of nitrogens with zero attached hydrogens (tertiary/aromatic N) is 2. The molecule has 1 aromatic carbocycles. The van der Waals surface area contributed by atoms with Gasteiger partial charge < -0.3 is 5.32 Å². The largest absolute Gasteiger partial charge is 0.379 e. The molecule has 1 aromatic rings. The molecule has 1 N–H and O–H groups in total. The molecule has 19 heavy (non-hydrogen) atoms. The predicted octanol–water partition coefficient (Wildman–Crippen LogP) is 3.46. The van der Waals surface area contributed by atoms with Crippen LogP contribution in [-0.2, 0) is 0 Å². The summed E-state index contributed by atoms with van der Waals surface area (Å²) in [5, 5.41) is 22.9. The van der Waals surface area contributed by atoms with Crippen molar-refractivity contribution < 1.29 is 4.92 Å². The summed E-state index contributed by atoms with van der Waals surface area (Å²) in [4.78, 5) is 10.5. The highest BCUT2D eigenvalue weighted by molar-refractivity contribution is 5.64. The van der Waals surface area contributed by atoms with Gasteiger partial charge in [-0.2, -0.15) is 5.26 Å². The number of nitrogens with one attached hydrogen (secondary N) is 1. The zero-order chi connectivity index (χ0) is 13.7. The van der Waals surface area contributed by atoms with E-state index in [0.717, 1.165) is 18.9 Å². The molecule has 1 aliphatic carbocycles. The Hall–Kier alpha value is -2.09. The summed E-state index contributed by atoms with van der Waals surface area (Å²) in [6, 6.07) is 6.41. The first kappa shape index (κ1) is 13.3. The van der Waals surface area contributed by atoms with Gasteiger partial charge in [-0.3, -0.25) is 10.1 Å². The first-order valence-corrected chi connectivity index (χ1v) is 6.63. The average Bonchev–Trinajstić information content (AvgIpc) is 2.91. The van der Waals surface area contributed by atoms with Crippen molar-refractivity contribution >= 4 is 11.4 Å². The first-order valence-electron chi connectivity index (χ1n) is 6.63. The van der Waals surface area contributed by atoms with Gasteiger partial charge in [0.15, 0.2) is 0 Å². The molecule has 1 fully saturated rings. The molecule has 0 aromatic heterocycles. The highest BCUT2D eigenvalue weighted by Gasteiger charge is 2.16. The van der Waals surface area contributed by atoms with E-state index in [2.05, 4.69) is 5.32 Å². The number of nitro benzene ring substituents is 1. The maximum Gasteiger partial charge on any atom is 0.292 e. The van der Waals surface area contributed by atoms with E-state index in [4.69, 9.17) is 5.26 Å². The van der Waals surface area contributed by atoms with Gasteiger partial charge in [0, 0.05) is 12.6 Å². The third-order valence-corrected chi connectivity index (χ3v) is 3.67. The molecule has 0 unspecified atom stereocenters. The number of nitriles is 1. The minimum absolute atomic E-state index is 0.0328. The fourth-order valence-corrected chi connectivity index (χ4v) is 2.62. The molecule has 1 saturated carbocycles. The second-order valence-electron chi connectivity index (χ2n) is 4.97. The van der Waals surface area contributed by atoms with Gasteiger partial charge in [0.25, 0.3) is 5.69 Å². The Kier molecular flexibility index (Phi) is 4.35. The van der Waals surface area contributed by atoms with Gasteiger partial charge in [0.1, 0.15) is 5.69 Å². The van der Waals surface area contributed by atoms with Crippen molar-refractivity contribution in [3.8, 4) is 6.07 Å². The number of anilines is 1. The molecule has 0 aliphatic heterocycles. The van der Waals surface area contributed by atoms with Crippen molar-refractivity contribution in [2.24, 2.45) is 5.92 Å². The lowest BCUT2D eigenvalue weighted by molar-refractivity contribution is -0.384. The van der Waals surface area contributed by atoms with Crippen molar-refractivity contribution in [3.63, 3.8) is 0 Å². The van der Waals surface area contributed by atoms with E-state index in [1.54, 1.807) is 6.07 Å². The lowest BCUT2D eigenvalue weighted by atomic mass is 10.0. The Morgan fingerprint density at radius 2 is 2.16 bits per heavy atom. The van der Waals surface area contributed by atoms with Crippen LogP contribution in [0.5, 0.6) is 0 Å². The first-order chi connectivity index (χ1) is 9.20. The predicted molar refractivity (Wildman–Crippen MR) is 72.9 cm³/mol. The smallest absolute Gasteiger partial charge is 0.292 e. The van der Waals surface area contributed by atoms with Crippen molar-refractivity contribution in [2.45, 2.75) is 32.1 Å². The van der Waals surface area contributed by atoms with Gasteiger partial charge in [0.05, 0.1) is 16.6 Å². The van der Waals surface area contributed by atoms with E-state index in [1.165, 1.54) is 37.8 Å². The highest BCUT2D eigenvalue weighted by Crippen LogP contribution is 2.29. The van der Waals surface area contributed by atoms with Crippen LogP contribution >= 0.6 is 0 Å². The van der Waals surface area contributed by atoms with E-state index < -0.39 is 4.92 Å². The normalized spacial score (nSPS) is 15.1. The molecule has 2 rings (SSSR count). The molecular weight excluding hydrogens is 242 g/mol. The van der Waals surface area contributed by atoms with Crippen LogP contribution in [0.4, 0.5) is 11.4 Å². The second-order valence-corrected chi connectivity index (χ2v) is 4.97. The lowest BCUT2D eigenvalue weighted by Gasteiger charge is -2.11. The third-order valence-electron chi connectivity index (χ3n) is 3.67. The molecule has 0 atom stereocenters. The van der Waals surface area contributed by atoms with E-state index in [0.29, 0.717) is 11.3 Å². The quantitative estimate of drug-likeness (QED) is 0.648. The molecule has 5 heteroatoms. The summed E-state index contributed by atoms with van der Waals surface area (Å²) in [7, 11) is 0. The summed E-state index contributed by atoms with van der Waals surface area (Å²) in [5.41, 5.74) is 0.918. The Morgan fingerprint density at radius 1 is 1.42 bits per heavy atom. The SMILES string of the molecule is N#Cc1ccc([N+](=O)[O-])c(NCCC2CCCC2)c1. The van der Waals surface area contributed by atoms with Crippen LogP contribution in [0.2, 0.25) is 0 Å². The van der Waals surface area contributed by atoms with Crippen LogP contribution in [0, 0.1) is 27.4 Å². The minimum atomic E-state index is -0.418. The molecular formula is C14H17N3O2. The fraction of sp³-hybridized carbons (Fsp3) is 0.500. The van der Waals surface area contributed by atoms with Crippen LogP contribution in [0.1, 0.15) is 37.7 Å². The Bertz CT molecular complexity index is 502. The molecule has 0 spiro atoms. The van der Waals surface area contributed by atoms with Crippen molar-refractivity contribution in [3.05, 3.63) is 33.9 Å². The number of nitro groups is 1. The minimum Gasteiger partial charge on any atom is -0.379 e. The lowest BCUT2D eigenvalue weighted by Crippen LogP contribution is -2.08. The van der Waals surface area contributed by atoms with Gasteiger partial charge in [0.2, 0.25) is 0 Å². The average molecular weight is 259 g/mol. The Balaban J connectivity index is 2.00. The molecule has 5 nitrogen and oxygen atoms in total. The van der Waals surface area contributed by atoms with Gasteiger partial charge in [-0.15, -0.1) is 0 Å². The molecule has 0 bridgehead atoms. The standard InChI is InChI=1S/C14H17N3O2/c15-10-12-5-6-14(17(18)19)13(9-12)16-8-7-11-3-1-2-4-11/h5-6,9,11,16H,1-4,7-8H2. The summed E-state index contributed by atoms with van der Waals surface area (Å²) >= 11 is 0. The molecule has 1 aliphatic rings. The zero-order valence-electron chi connectivity index (χ0n) is 10.8.